The highest BCUT2D eigenvalue weighted by atomic mass is 32.2. The van der Waals surface area contributed by atoms with Gasteiger partial charge in [0.2, 0.25) is 16.8 Å². The molecule has 12 heteroatoms. The molecule has 0 radical (unpaired) electrons. The van der Waals surface area contributed by atoms with Gasteiger partial charge in [-0.15, -0.1) is 0 Å². The molecule has 1 fully saturated rings. The van der Waals surface area contributed by atoms with Crippen molar-refractivity contribution in [3.63, 3.8) is 0 Å². The third-order valence-corrected chi connectivity index (χ3v) is 7.39. The Bertz CT molecular complexity index is 1270. The second-order valence-corrected chi connectivity index (χ2v) is 9.57. The van der Waals surface area contributed by atoms with Gasteiger partial charge in [0.1, 0.15) is 10.6 Å². The fourth-order valence-corrected chi connectivity index (χ4v) is 5.28. The molecule has 3 aromatic rings. The van der Waals surface area contributed by atoms with E-state index in [-0.39, 0.29) is 30.7 Å². The van der Waals surface area contributed by atoms with E-state index in [1.807, 2.05) is 12.1 Å². The summed E-state index contributed by atoms with van der Waals surface area (Å²) in [5.74, 6) is 1.10. The molecule has 0 unspecified atom stereocenters. The predicted octanol–water partition coefficient (Wildman–Crippen LogP) is 1.08. The van der Waals surface area contributed by atoms with Crippen LogP contribution in [0.15, 0.2) is 41.6 Å². The number of sulfonamides is 1. The summed E-state index contributed by atoms with van der Waals surface area (Å²) in [6.07, 6.45) is 3.35. The molecule has 1 amide bonds. The molecule has 4 heterocycles. The number of nitrogens with zero attached hydrogens (tertiary/aromatic N) is 5. The second-order valence-electron chi connectivity index (χ2n) is 7.63. The van der Waals surface area contributed by atoms with Crippen LogP contribution in [-0.2, 0) is 17.1 Å². The van der Waals surface area contributed by atoms with E-state index in [9.17, 15) is 13.2 Å². The molecule has 11 nitrogen and oxygen atoms in total. The van der Waals surface area contributed by atoms with Crippen molar-refractivity contribution >= 4 is 15.9 Å². The van der Waals surface area contributed by atoms with Crippen LogP contribution in [0.1, 0.15) is 16.9 Å². The molecule has 2 aliphatic rings. The third kappa shape index (κ3) is 3.71. The lowest BCUT2D eigenvalue weighted by atomic mass is 10.1. The number of aromatic amines is 1. The van der Waals surface area contributed by atoms with Crippen molar-refractivity contribution in [3.05, 3.63) is 42.4 Å². The number of carbonyl (C=O) groups excluding carboxylic acids is 1. The summed E-state index contributed by atoms with van der Waals surface area (Å²) in [4.78, 5) is 14.8. The van der Waals surface area contributed by atoms with Crippen molar-refractivity contribution in [2.45, 2.75) is 11.3 Å². The fraction of sp³-hybridized carbons (Fsp3) is 0.350. The minimum atomic E-state index is -3.65. The van der Waals surface area contributed by atoms with Crippen LogP contribution in [0.3, 0.4) is 0 Å². The van der Waals surface area contributed by atoms with Gasteiger partial charge >= 0.3 is 0 Å². The molecule has 5 rings (SSSR count). The van der Waals surface area contributed by atoms with Crippen molar-refractivity contribution in [3.8, 4) is 22.8 Å². The van der Waals surface area contributed by atoms with Crippen LogP contribution in [0.5, 0.6) is 11.5 Å². The lowest BCUT2D eigenvalue weighted by molar-refractivity contribution is 0.0758. The SMILES string of the molecule is Cn1cc(S(=O)(=O)N2CCCN(C(=O)c3cc(-c4ccc5c(c4)OCO5)n[nH]3)CC2)cn1. The Morgan fingerprint density at radius 2 is 1.94 bits per heavy atom. The highest BCUT2D eigenvalue weighted by Gasteiger charge is 2.30. The van der Waals surface area contributed by atoms with Crippen LogP contribution in [0, 0.1) is 0 Å². The average Bonchev–Trinajstić information content (AvgIpc) is 3.50. The normalized spacial score (nSPS) is 16.8. The Hall–Kier alpha value is -3.38. The summed E-state index contributed by atoms with van der Waals surface area (Å²) < 4.78 is 39.3. The lowest BCUT2D eigenvalue weighted by Crippen LogP contribution is -2.37. The minimum absolute atomic E-state index is 0.154. The highest BCUT2D eigenvalue weighted by Crippen LogP contribution is 2.35. The van der Waals surface area contributed by atoms with E-state index in [4.69, 9.17) is 9.47 Å². The number of aromatic nitrogens is 4. The van der Waals surface area contributed by atoms with E-state index < -0.39 is 10.0 Å². The van der Waals surface area contributed by atoms with Crippen molar-refractivity contribution in [2.24, 2.45) is 7.05 Å². The standard InChI is InChI=1S/C20H22N6O5S/c1-24-12-15(11-21-24)32(28,29)26-6-2-5-25(7-8-26)20(27)17-10-16(22-23-17)14-3-4-18-19(9-14)31-13-30-18/h3-4,9-12H,2,5-8,13H2,1H3,(H,22,23). The highest BCUT2D eigenvalue weighted by molar-refractivity contribution is 7.89. The van der Waals surface area contributed by atoms with E-state index >= 15 is 0 Å². The van der Waals surface area contributed by atoms with E-state index in [1.165, 1.54) is 21.4 Å². The zero-order valence-electron chi connectivity index (χ0n) is 17.4. The lowest BCUT2D eigenvalue weighted by Gasteiger charge is -2.21. The molecule has 2 aromatic heterocycles. The molecule has 2 aliphatic heterocycles. The maximum Gasteiger partial charge on any atom is 0.271 e. The molecule has 1 N–H and O–H groups in total. The predicted molar refractivity (Wildman–Crippen MR) is 113 cm³/mol. The van der Waals surface area contributed by atoms with Gasteiger partial charge < -0.3 is 14.4 Å². The number of hydrogen-bond donors (Lipinski definition) is 1. The Balaban J connectivity index is 1.29. The number of rotatable bonds is 4. The van der Waals surface area contributed by atoms with Crippen LogP contribution in [0.25, 0.3) is 11.3 Å². The summed E-state index contributed by atoms with van der Waals surface area (Å²) in [5, 5.41) is 11.0. The smallest absolute Gasteiger partial charge is 0.271 e. The van der Waals surface area contributed by atoms with Gasteiger partial charge in [-0.05, 0) is 30.7 Å². The van der Waals surface area contributed by atoms with Crippen molar-refractivity contribution in [2.75, 3.05) is 33.0 Å². The molecular formula is C20H22N6O5S. The molecule has 0 spiro atoms. The van der Waals surface area contributed by atoms with Gasteiger partial charge in [-0.2, -0.15) is 14.5 Å². The molecule has 0 saturated carbocycles. The first-order valence-corrected chi connectivity index (χ1v) is 11.6. The topological polar surface area (TPSA) is 123 Å². The first-order valence-electron chi connectivity index (χ1n) is 10.2. The number of benzene rings is 1. The number of nitrogens with one attached hydrogen (secondary N) is 1. The van der Waals surface area contributed by atoms with Crippen molar-refractivity contribution in [1.82, 2.24) is 29.2 Å². The first-order chi connectivity index (χ1) is 15.4. The largest absolute Gasteiger partial charge is 0.454 e. The number of hydrogen-bond acceptors (Lipinski definition) is 7. The van der Waals surface area contributed by atoms with Gasteiger partial charge in [0.25, 0.3) is 5.91 Å². The van der Waals surface area contributed by atoms with E-state index in [0.717, 1.165) is 5.56 Å². The van der Waals surface area contributed by atoms with E-state index in [0.29, 0.717) is 42.4 Å². The molecule has 1 saturated heterocycles. The quantitative estimate of drug-likeness (QED) is 0.621. The maximum absolute atomic E-state index is 13.0. The minimum Gasteiger partial charge on any atom is -0.454 e. The molecule has 0 atom stereocenters. The average molecular weight is 459 g/mol. The monoisotopic (exact) mass is 458 g/mol. The van der Waals surface area contributed by atoms with Gasteiger partial charge in [-0.25, -0.2) is 8.42 Å². The Kier molecular flexibility index (Phi) is 5.10. The number of H-pyrrole nitrogens is 1. The van der Waals surface area contributed by atoms with Gasteiger partial charge in [-0.1, -0.05) is 0 Å². The van der Waals surface area contributed by atoms with Crippen LogP contribution in [0.2, 0.25) is 0 Å². The molecule has 1 aromatic carbocycles. The zero-order chi connectivity index (χ0) is 22.3. The number of ether oxygens (including phenoxy) is 2. The van der Waals surface area contributed by atoms with Crippen LogP contribution in [-0.4, -0.2) is 76.5 Å². The van der Waals surface area contributed by atoms with Crippen molar-refractivity contribution < 1.29 is 22.7 Å². The zero-order valence-corrected chi connectivity index (χ0v) is 18.2. The molecule has 32 heavy (non-hydrogen) atoms. The van der Waals surface area contributed by atoms with Crippen LogP contribution in [0.4, 0.5) is 0 Å². The molecule has 168 valence electrons. The van der Waals surface area contributed by atoms with Gasteiger partial charge in [0, 0.05) is 45.0 Å². The summed E-state index contributed by atoms with van der Waals surface area (Å²) in [7, 11) is -1.97. The van der Waals surface area contributed by atoms with Crippen LogP contribution < -0.4 is 9.47 Å². The van der Waals surface area contributed by atoms with Gasteiger partial charge in [0.05, 0.1) is 11.9 Å². The number of amides is 1. The Labute approximate surface area is 184 Å². The third-order valence-electron chi connectivity index (χ3n) is 5.54. The van der Waals surface area contributed by atoms with Crippen LogP contribution >= 0.6 is 0 Å². The number of aryl methyl sites for hydroxylation is 1. The summed E-state index contributed by atoms with van der Waals surface area (Å²) >= 11 is 0. The summed E-state index contributed by atoms with van der Waals surface area (Å²) in [6, 6.07) is 7.17. The maximum atomic E-state index is 13.0. The second kappa shape index (κ2) is 7.95. The summed E-state index contributed by atoms with van der Waals surface area (Å²) in [5.41, 5.74) is 1.76. The first kappa shape index (κ1) is 20.5. The molecule has 0 aliphatic carbocycles. The van der Waals surface area contributed by atoms with Gasteiger partial charge in [-0.3, -0.25) is 14.6 Å². The number of fused-ring (bicyclic) bond motifs is 1. The fourth-order valence-electron chi connectivity index (χ4n) is 3.82. The Morgan fingerprint density at radius 1 is 1.09 bits per heavy atom. The van der Waals surface area contributed by atoms with Gasteiger partial charge in [0.15, 0.2) is 11.5 Å². The van der Waals surface area contributed by atoms with Crippen molar-refractivity contribution in [1.29, 1.82) is 0 Å². The number of carbonyl (C=O) groups is 1. The van der Waals surface area contributed by atoms with E-state index in [2.05, 4.69) is 15.3 Å². The Morgan fingerprint density at radius 3 is 2.75 bits per heavy atom. The van der Waals surface area contributed by atoms with E-state index in [1.54, 1.807) is 24.1 Å². The summed E-state index contributed by atoms with van der Waals surface area (Å²) in [6.45, 7) is 1.48. The molecule has 0 bridgehead atoms. The molecular weight excluding hydrogens is 436 g/mol.